The number of aromatic amines is 1. The van der Waals surface area contributed by atoms with Crippen molar-refractivity contribution in [2.24, 2.45) is 0 Å². The van der Waals surface area contributed by atoms with Crippen LogP contribution in [0, 0.1) is 0 Å². The van der Waals surface area contributed by atoms with Gasteiger partial charge in [-0.1, -0.05) is 24.6 Å². The Hall–Kier alpha value is -2.71. The first kappa shape index (κ1) is 20.0. The van der Waals surface area contributed by atoms with Gasteiger partial charge in [0.15, 0.2) is 0 Å². The van der Waals surface area contributed by atoms with Crippen LogP contribution in [0.15, 0.2) is 62.9 Å². The quantitative estimate of drug-likeness (QED) is 0.451. The van der Waals surface area contributed by atoms with Crippen LogP contribution in [0.25, 0.3) is 5.69 Å². The van der Waals surface area contributed by atoms with Crippen LogP contribution in [-0.2, 0) is 4.79 Å². The topological polar surface area (TPSA) is 88.2 Å². The van der Waals surface area contributed by atoms with E-state index in [0.717, 1.165) is 11.8 Å². The SMILES string of the molecule is CCC(Sc1c(=O)o[nH][n+]1-c1ccc(OC)cc1)C(=O)Nc1cccc(Cl)c1. The molecule has 0 aliphatic carbocycles. The lowest BCUT2D eigenvalue weighted by Gasteiger charge is -2.12. The van der Waals surface area contributed by atoms with E-state index in [1.165, 1.54) is 4.68 Å². The van der Waals surface area contributed by atoms with E-state index in [1.807, 2.05) is 6.92 Å². The Morgan fingerprint density at radius 3 is 2.71 bits per heavy atom. The maximum atomic E-state index is 12.7. The van der Waals surface area contributed by atoms with Gasteiger partial charge < -0.3 is 10.1 Å². The summed E-state index contributed by atoms with van der Waals surface area (Å²) in [6.45, 7) is 1.88. The Kier molecular flexibility index (Phi) is 6.43. The molecule has 0 fully saturated rings. The second kappa shape index (κ2) is 8.99. The largest absolute Gasteiger partial charge is 0.497 e. The zero-order valence-corrected chi connectivity index (χ0v) is 16.8. The van der Waals surface area contributed by atoms with E-state index in [4.69, 9.17) is 20.9 Å². The molecule has 1 atom stereocenters. The van der Waals surface area contributed by atoms with Crippen LogP contribution in [0.3, 0.4) is 0 Å². The normalized spacial score (nSPS) is 11.8. The fourth-order valence-corrected chi connectivity index (χ4v) is 3.69. The smallest absolute Gasteiger partial charge is 0.442 e. The van der Waals surface area contributed by atoms with E-state index in [9.17, 15) is 9.59 Å². The lowest BCUT2D eigenvalue weighted by atomic mass is 10.3. The molecule has 28 heavy (non-hydrogen) atoms. The van der Waals surface area contributed by atoms with Crippen LogP contribution in [0.1, 0.15) is 13.3 Å². The number of hydrogen-bond donors (Lipinski definition) is 2. The highest BCUT2D eigenvalue weighted by molar-refractivity contribution is 8.00. The highest BCUT2D eigenvalue weighted by Crippen LogP contribution is 2.24. The number of nitrogens with one attached hydrogen (secondary N) is 2. The predicted molar refractivity (Wildman–Crippen MR) is 107 cm³/mol. The standard InChI is InChI=1S/C19H18ClN3O4S/c1-3-16(17(24)21-13-6-4-5-12(20)11-13)28-18-19(25)27-22-23(18)14-7-9-15(26-2)10-8-14/h4-11,16H,3H2,1-2H3,(H-,21,22,24,25)/p+1. The Bertz CT molecular complexity index is 1020. The summed E-state index contributed by atoms with van der Waals surface area (Å²) in [4.78, 5) is 24.9. The number of carbonyl (C=O) groups excluding carboxylic acids is 1. The average Bonchev–Trinajstić information content (AvgIpc) is 3.06. The molecule has 0 aliphatic rings. The molecule has 0 radical (unpaired) electrons. The zero-order chi connectivity index (χ0) is 20.1. The fraction of sp³-hybridized carbons (Fsp3) is 0.211. The third-order valence-corrected chi connectivity index (χ3v) is 5.59. The first-order valence-electron chi connectivity index (χ1n) is 8.53. The number of benzene rings is 2. The van der Waals surface area contributed by atoms with E-state index in [-0.39, 0.29) is 10.9 Å². The molecule has 0 aliphatic heterocycles. The van der Waals surface area contributed by atoms with Gasteiger partial charge in [-0.05, 0) is 58.5 Å². The summed E-state index contributed by atoms with van der Waals surface area (Å²) in [7, 11) is 1.58. The third kappa shape index (κ3) is 4.58. The number of anilines is 1. The molecular formula is C19H19ClN3O4S+. The van der Waals surface area contributed by atoms with E-state index < -0.39 is 10.9 Å². The van der Waals surface area contributed by atoms with Gasteiger partial charge in [0.2, 0.25) is 11.6 Å². The van der Waals surface area contributed by atoms with Gasteiger partial charge in [-0.3, -0.25) is 9.32 Å². The summed E-state index contributed by atoms with van der Waals surface area (Å²) in [6, 6.07) is 14.0. The number of nitrogens with zero attached hydrogens (tertiary/aromatic N) is 1. The van der Waals surface area contributed by atoms with Crippen LogP contribution in [0.2, 0.25) is 5.02 Å². The van der Waals surface area contributed by atoms with Crippen molar-refractivity contribution in [2.75, 3.05) is 12.4 Å². The first-order chi connectivity index (χ1) is 13.5. The van der Waals surface area contributed by atoms with Gasteiger partial charge in [0.05, 0.1) is 12.4 Å². The van der Waals surface area contributed by atoms with E-state index in [1.54, 1.807) is 55.6 Å². The molecule has 1 aromatic heterocycles. The summed E-state index contributed by atoms with van der Waals surface area (Å²) in [5.74, 6) is 0.466. The molecule has 0 bridgehead atoms. The molecule has 0 saturated heterocycles. The van der Waals surface area contributed by atoms with Crippen molar-refractivity contribution in [1.29, 1.82) is 0 Å². The summed E-state index contributed by atoms with van der Waals surface area (Å²) in [5, 5.41) is 5.71. The Morgan fingerprint density at radius 1 is 1.32 bits per heavy atom. The average molecular weight is 421 g/mol. The monoisotopic (exact) mass is 420 g/mol. The van der Waals surface area contributed by atoms with Crippen LogP contribution < -0.4 is 20.4 Å². The van der Waals surface area contributed by atoms with Gasteiger partial charge in [0, 0.05) is 22.8 Å². The van der Waals surface area contributed by atoms with Crippen LogP contribution >= 0.6 is 23.4 Å². The molecule has 0 saturated carbocycles. The summed E-state index contributed by atoms with van der Waals surface area (Å²) >= 11 is 7.10. The van der Waals surface area contributed by atoms with Crippen molar-refractivity contribution >= 4 is 35.0 Å². The zero-order valence-electron chi connectivity index (χ0n) is 15.3. The van der Waals surface area contributed by atoms with Gasteiger partial charge in [-0.2, -0.15) is 0 Å². The molecule has 146 valence electrons. The first-order valence-corrected chi connectivity index (χ1v) is 9.78. The fourth-order valence-electron chi connectivity index (χ4n) is 2.51. The third-order valence-electron chi connectivity index (χ3n) is 3.95. The van der Waals surface area contributed by atoms with Crippen LogP contribution in [0.4, 0.5) is 5.69 Å². The van der Waals surface area contributed by atoms with Gasteiger partial charge >= 0.3 is 10.7 Å². The number of H-pyrrole nitrogens is 1. The predicted octanol–water partition coefficient (Wildman–Crippen LogP) is 3.42. The number of hydrogen-bond acceptors (Lipinski definition) is 5. The molecule has 1 unspecified atom stereocenters. The van der Waals surface area contributed by atoms with Gasteiger partial charge in [0.25, 0.3) is 0 Å². The van der Waals surface area contributed by atoms with Gasteiger partial charge in [0.1, 0.15) is 5.75 Å². The number of thioether (sulfide) groups is 1. The minimum absolute atomic E-state index is 0.225. The Labute approximate surface area is 170 Å². The Balaban J connectivity index is 1.81. The molecule has 7 nitrogen and oxygen atoms in total. The molecule has 3 aromatic rings. The number of rotatable bonds is 7. The number of carbonyl (C=O) groups is 1. The molecule has 2 N–H and O–H groups in total. The van der Waals surface area contributed by atoms with Crippen molar-refractivity contribution in [3.63, 3.8) is 0 Å². The molecule has 0 spiro atoms. The summed E-state index contributed by atoms with van der Waals surface area (Å²) in [6.07, 6.45) is 0.518. The highest BCUT2D eigenvalue weighted by atomic mass is 35.5. The van der Waals surface area contributed by atoms with E-state index >= 15 is 0 Å². The number of methoxy groups -OCH3 is 1. The van der Waals surface area contributed by atoms with Gasteiger partial charge in [-0.15, -0.1) is 0 Å². The number of amides is 1. The second-order valence-electron chi connectivity index (χ2n) is 5.83. The van der Waals surface area contributed by atoms with Crippen molar-refractivity contribution in [3.8, 4) is 11.4 Å². The molecular weight excluding hydrogens is 402 g/mol. The molecule has 9 heteroatoms. The van der Waals surface area contributed by atoms with Crippen LogP contribution in [0.5, 0.6) is 5.75 Å². The maximum Gasteiger partial charge on any atom is 0.442 e. The van der Waals surface area contributed by atoms with Crippen LogP contribution in [-0.4, -0.2) is 23.5 Å². The van der Waals surface area contributed by atoms with Gasteiger partial charge in [-0.25, -0.2) is 4.79 Å². The van der Waals surface area contributed by atoms with Crippen molar-refractivity contribution in [2.45, 2.75) is 23.6 Å². The summed E-state index contributed by atoms with van der Waals surface area (Å²) in [5.41, 5.74) is 0.731. The lowest BCUT2D eigenvalue weighted by Crippen LogP contribution is -2.37. The Morgan fingerprint density at radius 2 is 2.07 bits per heavy atom. The summed E-state index contributed by atoms with van der Waals surface area (Å²) < 4.78 is 11.6. The molecule has 2 aromatic carbocycles. The number of ether oxygens (including phenoxy) is 1. The van der Waals surface area contributed by atoms with Crippen molar-refractivity contribution in [1.82, 2.24) is 5.27 Å². The minimum Gasteiger partial charge on any atom is -0.497 e. The van der Waals surface area contributed by atoms with E-state index in [2.05, 4.69) is 10.6 Å². The van der Waals surface area contributed by atoms with Crippen molar-refractivity contribution in [3.05, 3.63) is 64.0 Å². The highest BCUT2D eigenvalue weighted by Gasteiger charge is 2.30. The minimum atomic E-state index is -0.546. The second-order valence-corrected chi connectivity index (χ2v) is 7.46. The number of aromatic nitrogens is 2. The molecule has 1 heterocycles. The number of halogens is 1. The maximum absolute atomic E-state index is 12.7. The molecule has 1 amide bonds. The molecule has 3 rings (SSSR count). The van der Waals surface area contributed by atoms with E-state index in [0.29, 0.717) is 28.6 Å². The lowest BCUT2D eigenvalue weighted by molar-refractivity contribution is -0.704. The van der Waals surface area contributed by atoms with Crippen molar-refractivity contribution < 1.29 is 18.7 Å².